The summed E-state index contributed by atoms with van der Waals surface area (Å²) < 4.78 is 32.6. The van der Waals surface area contributed by atoms with Gasteiger partial charge in [0.1, 0.15) is 6.61 Å². The summed E-state index contributed by atoms with van der Waals surface area (Å²) in [5, 5.41) is 0. The van der Waals surface area contributed by atoms with Gasteiger partial charge in [0.2, 0.25) is 0 Å². The lowest BCUT2D eigenvalue weighted by Gasteiger charge is -2.19. The van der Waals surface area contributed by atoms with Crippen molar-refractivity contribution in [3.8, 4) is 0 Å². The number of allylic oxidation sites excluding steroid dienone is 4. The SMILES string of the molecule is CCCCCCCCCCCCC/C=C/CCC(=O)OC[C@H](COP(=O)(O)OCCN)OC(=O)CC/C=C/CCCCCCCCCCCCC. The van der Waals surface area contributed by atoms with Crippen molar-refractivity contribution in [1.29, 1.82) is 0 Å². The summed E-state index contributed by atoms with van der Waals surface area (Å²) >= 11 is 0. The number of phosphoric ester groups is 1. The van der Waals surface area contributed by atoms with Crippen LogP contribution in [0, 0.1) is 0 Å². The van der Waals surface area contributed by atoms with Crippen LogP contribution in [0.25, 0.3) is 0 Å². The van der Waals surface area contributed by atoms with Gasteiger partial charge in [-0.1, -0.05) is 167 Å². The van der Waals surface area contributed by atoms with E-state index in [-0.39, 0.29) is 32.6 Å². The Labute approximate surface area is 312 Å². The quantitative estimate of drug-likeness (QED) is 0.0273. The van der Waals surface area contributed by atoms with Crippen LogP contribution in [-0.2, 0) is 32.7 Å². The fraction of sp³-hybridized carbons (Fsp3) is 0.854. The Morgan fingerprint density at radius 2 is 0.961 bits per heavy atom. The highest BCUT2D eigenvalue weighted by molar-refractivity contribution is 7.47. The van der Waals surface area contributed by atoms with Crippen LogP contribution in [0.4, 0.5) is 0 Å². The molecular weight excluding hydrogens is 665 g/mol. The van der Waals surface area contributed by atoms with Crippen LogP contribution in [0.15, 0.2) is 24.3 Å². The standard InChI is InChI=1S/C41H78NO8P/c1-3-5-7-9-11-13-15-17-19-21-23-25-27-29-31-33-40(43)47-37-39(38-49-51(45,46)48-36-35-42)50-41(44)34-32-30-28-26-24-22-20-18-16-14-12-10-8-6-4-2/h27-30,39H,3-26,31-38,42H2,1-2H3,(H,45,46)/b29-27+,30-28+/t39-/m1/s1. The molecule has 0 aliphatic rings. The largest absolute Gasteiger partial charge is 0.472 e. The zero-order chi connectivity index (χ0) is 37.5. The van der Waals surface area contributed by atoms with E-state index in [9.17, 15) is 19.0 Å². The number of phosphoric acid groups is 1. The van der Waals surface area contributed by atoms with Gasteiger partial charge in [-0.2, -0.15) is 0 Å². The first-order valence-corrected chi connectivity index (χ1v) is 22.3. The second-order valence-corrected chi connectivity index (χ2v) is 15.3. The first-order chi connectivity index (χ1) is 24.8. The summed E-state index contributed by atoms with van der Waals surface area (Å²) in [6, 6.07) is 0. The first kappa shape index (κ1) is 49.5. The van der Waals surface area contributed by atoms with Crippen LogP contribution >= 0.6 is 7.82 Å². The minimum Gasteiger partial charge on any atom is -0.462 e. The highest BCUT2D eigenvalue weighted by Crippen LogP contribution is 2.43. The monoisotopic (exact) mass is 744 g/mol. The molecule has 0 aromatic heterocycles. The minimum absolute atomic E-state index is 0.0461. The van der Waals surface area contributed by atoms with Gasteiger partial charge in [-0.15, -0.1) is 0 Å². The lowest BCUT2D eigenvalue weighted by Crippen LogP contribution is -2.29. The molecule has 0 aromatic rings. The van der Waals surface area contributed by atoms with Gasteiger partial charge in [-0.05, 0) is 38.5 Å². The topological polar surface area (TPSA) is 134 Å². The maximum Gasteiger partial charge on any atom is 0.472 e. The average Bonchev–Trinajstić information content (AvgIpc) is 3.11. The number of rotatable bonds is 39. The average molecular weight is 744 g/mol. The molecule has 0 saturated heterocycles. The van der Waals surface area contributed by atoms with Crippen molar-refractivity contribution in [3.05, 3.63) is 24.3 Å². The van der Waals surface area contributed by atoms with E-state index in [1.807, 2.05) is 12.2 Å². The number of ether oxygens (including phenoxy) is 2. The summed E-state index contributed by atoms with van der Waals surface area (Å²) in [5.41, 5.74) is 5.33. The van der Waals surface area contributed by atoms with Gasteiger partial charge in [0.25, 0.3) is 0 Å². The molecule has 0 spiro atoms. The number of unbranched alkanes of at least 4 members (excludes halogenated alkanes) is 22. The summed E-state index contributed by atoms with van der Waals surface area (Å²) in [7, 11) is -4.39. The molecule has 0 heterocycles. The number of carbonyl (C=O) groups excluding carboxylic acids is 2. The van der Waals surface area contributed by atoms with Crippen LogP contribution in [0.1, 0.15) is 194 Å². The molecule has 51 heavy (non-hydrogen) atoms. The molecule has 2 atom stereocenters. The molecular formula is C41H78NO8P. The molecule has 0 saturated carbocycles. The highest BCUT2D eigenvalue weighted by atomic mass is 31.2. The van der Waals surface area contributed by atoms with Crippen LogP contribution < -0.4 is 5.73 Å². The van der Waals surface area contributed by atoms with E-state index < -0.39 is 32.5 Å². The van der Waals surface area contributed by atoms with E-state index in [1.165, 1.54) is 128 Å². The smallest absolute Gasteiger partial charge is 0.462 e. The van der Waals surface area contributed by atoms with Crippen LogP contribution in [0.3, 0.4) is 0 Å². The Bertz CT molecular complexity index is 897. The first-order valence-electron chi connectivity index (χ1n) is 20.8. The van der Waals surface area contributed by atoms with Crippen molar-refractivity contribution in [2.24, 2.45) is 5.73 Å². The van der Waals surface area contributed by atoms with Crippen molar-refractivity contribution in [1.82, 2.24) is 0 Å². The van der Waals surface area contributed by atoms with Crippen LogP contribution in [-0.4, -0.2) is 49.3 Å². The molecule has 9 nitrogen and oxygen atoms in total. The van der Waals surface area contributed by atoms with E-state index in [1.54, 1.807) is 0 Å². The van der Waals surface area contributed by atoms with Gasteiger partial charge in [-0.25, -0.2) is 4.57 Å². The number of esters is 2. The lowest BCUT2D eigenvalue weighted by molar-refractivity contribution is -0.161. The van der Waals surface area contributed by atoms with Crippen molar-refractivity contribution >= 4 is 19.8 Å². The molecule has 0 aliphatic carbocycles. The molecule has 0 bridgehead atoms. The summed E-state index contributed by atoms with van der Waals surface area (Å²) in [4.78, 5) is 34.7. The van der Waals surface area contributed by atoms with E-state index >= 15 is 0 Å². The third-order valence-corrected chi connectivity index (χ3v) is 9.82. The fourth-order valence-electron chi connectivity index (χ4n) is 5.73. The Morgan fingerprint density at radius 3 is 1.39 bits per heavy atom. The van der Waals surface area contributed by atoms with Gasteiger partial charge >= 0.3 is 19.8 Å². The number of hydrogen-bond acceptors (Lipinski definition) is 8. The Morgan fingerprint density at radius 1 is 0.569 bits per heavy atom. The van der Waals surface area contributed by atoms with Crippen molar-refractivity contribution in [2.45, 2.75) is 200 Å². The van der Waals surface area contributed by atoms with Gasteiger partial charge in [0.05, 0.1) is 13.2 Å². The van der Waals surface area contributed by atoms with E-state index in [0.717, 1.165) is 25.7 Å². The van der Waals surface area contributed by atoms with Gasteiger partial charge < -0.3 is 20.1 Å². The molecule has 10 heteroatoms. The summed E-state index contributed by atoms with van der Waals surface area (Å²) in [6.07, 6.45) is 39.5. The second kappa shape index (κ2) is 38.2. The zero-order valence-corrected chi connectivity index (χ0v) is 33.7. The van der Waals surface area contributed by atoms with E-state index in [4.69, 9.17) is 24.3 Å². The Hall–Kier alpha value is -1.51. The zero-order valence-electron chi connectivity index (χ0n) is 32.8. The molecule has 0 aliphatic heterocycles. The third-order valence-electron chi connectivity index (χ3n) is 8.84. The fourth-order valence-corrected chi connectivity index (χ4v) is 6.49. The lowest BCUT2D eigenvalue weighted by atomic mass is 10.1. The van der Waals surface area contributed by atoms with Gasteiger partial charge in [-0.3, -0.25) is 18.6 Å². The van der Waals surface area contributed by atoms with E-state index in [2.05, 4.69) is 26.0 Å². The molecule has 0 aromatic carbocycles. The number of nitrogens with two attached hydrogens (primary N) is 1. The maximum absolute atomic E-state index is 12.5. The minimum atomic E-state index is -4.39. The van der Waals surface area contributed by atoms with Gasteiger partial charge in [0, 0.05) is 19.4 Å². The summed E-state index contributed by atoms with van der Waals surface area (Å²) in [5.74, 6) is -0.938. The number of carbonyl (C=O) groups is 2. The van der Waals surface area contributed by atoms with E-state index in [0.29, 0.717) is 12.8 Å². The molecule has 0 fully saturated rings. The maximum atomic E-state index is 12.5. The van der Waals surface area contributed by atoms with Crippen LogP contribution in [0.2, 0.25) is 0 Å². The van der Waals surface area contributed by atoms with Gasteiger partial charge in [0.15, 0.2) is 6.10 Å². The van der Waals surface area contributed by atoms with Crippen molar-refractivity contribution < 1.29 is 37.6 Å². The van der Waals surface area contributed by atoms with Crippen LogP contribution in [0.5, 0.6) is 0 Å². The molecule has 0 rings (SSSR count). The molecule has 0 amide bonds. The predicted molar refractivity (Wildman–Crippen MR) is 211 cm³/mol. The molecule has 0 radical (unpaired) electrons. The Kier molecular flexibility index (Phi) is 37.1. The summed E-state index contributed by atoms with van der Waals surface area (Å²) in [6.45, 7) is 3.66. The Balaban J connectivity index is 4.24. The molecule has 300 valence electrons. The normalized spacial score (nSPS) is 13.6. The number of hydrogen-bond donors (Lipinski definition) is 2. The molecule has 1 unspecified atom stereocenters. The predicted octanol–water partition coefficient (Wildman–Crippen LogP) is 11.6. The third kappa shape index (κ3) is 38.0. The van der Waals surface area contributed by atoms with Crippen molar-refractivity contribution in [2.75, 3.05) is 26.4 Å². The molecule has 3 N–H and O–H groups in total. The highest BCUT2D eigenvalue weighted by Gasteiger charge is 2.25. The second-order valence-electron chi connectivity index (χ2n) is 13.8. The van der Waals surface area contributed by atoms with Crippen molar-refractivity contribution in [3.63, 3.8) is 0 Å².